The summed E-state index contributed by atoms with van der Waals surface area (Å²) in [5.74, 6) is -0.460. The Balaban J connectivity index is 1.71. The van der Waals surface area contributed by atoms with Gasteiger partial charge in [-0.1, -0.05) is 34.1 Å². The van der Waals surface area contributed by atoms with Crippen molar-refractivity contribution in [3.05, 3.63) is 52.2 Å². The predicted octanol–water partition coefficient (Wildman–Crippen LogP) is 5.32. The van der Waals surface area contributed by atoms with E-state index < -0.39 is 40.9 Å². The predicted molar refractivity (Wildman–Crippen MR) is 110 cm³/mol. The van der Waals surface area contributed by atoms with Crippen molar-refractivity contribution in [3.63, 3.8) is 0 Å². The van der Waals surface area contributed by atoms with Gasteiger partial charge in [0.25, 0.3) is 6.43 Å². The first kappa shape index (κ1) is 22.0. The highest BCUT2D eigenvalue weighted by molar-refractivity contribution is 9.09. The molecule has 0 saturated heterocycles. The molecule has 1 aliphatic heterocycles. The normalized spacial score (nSPS) is 20.6. The monoisotopic (exact) mass is 500 g/mol. The van der Waals surface area contributed by atoms with Crippen molar-refractivity contribution in [1.29, 1.82) is 0 Å². The van der Waals surface area contributed by atoms with Crippen LogP contribution in [0, 0.1) is 12.7 Å². The molecule has 2 heterocycles. The highest BCUT2D eigenvalue weighted by atomic mass is 79.9. The minimum atomic E-state index is -2.93. The van der Waals surface area contributed by atoms with Crippen molar-refractivity contribution in [2.75, 3.05) is 12.0 Å². The number of amides is 1. The number of carbonyl (C=O) groups excluding carboxylic acids is 1. The lowest BCUT2D eigenvalue weighted by Crippen LogP contribution is -2.47. The topological polar surface area (TPSA) is 58.1 Å². The first-order chi connectivity index (χ1) is 14.7. The molecule has 0 spiro atoms. The number of rotatable bonds is 6. The van der Waals surface area contributed by atoms with Gasteiger partial charge in [0.1, 0.15) is 29.0 Å². The van der Waals surface area contributed by atoms with E-state index in [4.69, 9.17) is 0 Å². The lowest BCUT2D eigenvalue weighted by molar-refractivity contribution is -0.136. The number of alkyl halides is 4. The molecular formula is C21H21BrF4N4O. The molecule has 1 fully saturated rings. The number of aromatic nitrogens is 2. The van der Waals surface area contributed by atoms with Crippen LogP contribution < -0.4 is 5.32 Å². The molecule has 4 rings (SSSR count). The summed E-state index contributed by atoms with van der Waals surface area (Å²) in [4.78, 5) is 22.4. The number of nitrogens with zero attached hydrogens (tertiary/aromatic N) is 3. The van der Waals surface area contributed by atoms with Gasteiger partial charge < -0.3 is 10.2 Å². The zero-order valence-corrected chi connectivity index (χ0v) is 18.5. The summed E-state index contributed by atoms with van der Waals surface area (Å²) in [6.07, 6.45) is -1.76. The molecular weight excluding hydrogens is 480 g/mol. The Morgan fingerprint density at radius 1 is 1.29 bits per heavy atom. The van der Waals surface area contributed by atoms with Crippen LogP contribution in [-0.4, -0.2) is 33.0 Å². The summed E-state index contributed by atoms with van der Waals surface area (Å²) < 4.78 is 54.5. The molecule has 1 amide bonds. The van der Waals surface area contributed by atoms with Crippen molar-refractivity contribution >= 4 is 27.7 Å². The molecule has 2 aliphatic rings. The molecule has 1 N–H and O–H groups in total. The van der Waals surface area contributed by atoms with E-state index >= 15 is 0 Å². The molecule has 1 aliphatic carbocycles. The van der Waals surface area contributed by atoms with Crippen molar-refractivity contribution in [2.45, 2.75) is 56.1 Å². The second kappa shape index (κ2) is 8.03. The van der Waals surface area contributed by atoms with Crippen LogP contribution in [0.2, 0.25) is 0 Å². The van der Waals surface area contributed by atoms with Gasteiger partial charge in [-0.15, -0.1) is 0 Å². The third-order valence-corrected chi connectivity index (χ3v) is 6.78. The molecule has 1 aromatic carbocycles. The van der Waals surface area contributed by atoms with Gasteiger partial charge >= 0.3 is 0 Å². The molecule has 0 radical (unpaired) electrons. The second-order valence-electron chi connectivity index (χ2n) is 8.05. The minimum absolute atomic E-state index is 0.0735. The average molecular weight is 501 g/mol. The number of hydrogen-bond acceptors (Lipinski definition) is 4. The Hall–Kier alpha value is -2.23. The molecule has 10 heteroatoms. The highest BCUT2D eigenvalue weighted by Crippen LogP contribution is 2.48. The fourth-order valence-electron chi connectivity index (χ4n) is 3.97. The molecule has 31 heavy (non-hydrogen) atoms. The Kier molecular flexibility index (Phi) is 5.70. The van der Waals surface area contributed by atoms with Crippen molar-refractivity contribution in [2.24, 2.45) is 0 Å². The van der Waals surface area contributed by atoms with E-state index in [0.717, 1.165) is 6.07 Å². The fourth-order valence-corrected chi connectivity index (χ4v) is 4.59. The standard InChI is InChI=1S/C21H21BrF4N4O/c1-10(12-4-3-5-13(16(12)24)18(25)26)27-19-14-8-30(21(9-23)6-7-21)20(31)15(22)17(14)28-11(2)29-19/h3-5,10,15,18H,6-9H2,1-2H3,(H,27,28,29)/t10-,15?/m1/s1. The average Bonchev–Trinajstić information content (AvgIpc) is 3.52. The van der Waals surface area contributed by atoms with E-state index in [9.17, 15) is 22.4 Å². The van der Waals surface area contributed by atoms with Gasteiger partial charge in [-0.2, -0.15) is 0 Å². The minimum Gasteiger partial charge on any atom is -0.363 e. The summed E-state index contributed by atoms with van der Waals surface area (Å²) >= 11 is 3.38. The first-order valence-electron chi connectivity index (χ1n) is 9.90. The number of carbonyl (C=O) groups is 1. The molecule has 166 valence electrons. The van der Waals surface area contributed by atoms with Gasteiger partial charge in [-0.05, 0) is 26.7 Å². The number of benzene rings is 1. The van der Waals surface area contributed by atoms with Gasteiger partial charge in [0.15, 0.2) is 0 Å². The van der Waals surface area contributed by atoms with Crippen LogP contribution in [0.1, 0.15) is 65.3 Å². The third-order valence-electron chi connectivity index (χ3n) is 5.95. The number of nitrogens with one attached hydrogen (secondary N) is 1. The maximum atomic E-state index is 14.6. The molecule has 1 unspecified atom stereocenters. The van der Waals surface area contributed by atoms with E-state index in [-0.39, 0.29) is 18.0 Å². The summed E-state index contributed by atoms with van der Waals surface area (Å²) in [5, 5.41) is 3.09. The van der Waals surface area contributed by atoms with Gasteiger partial charge in [0.2, 0.25) is 5.91 Å². The van der Waals surface area contributed by atoms with E-state index in [0.29, 0.717) is 35.7 Å². The Morgan fingerprint density at radius 3 is 2.58 bits per heavy atom. The lowest BCUT2D eigenvalue weighted by atomic mass is 10.0. The maximum Gasteiger partial charge on any atom is 0.266 e. The van der Waals surface area contributed by atoms with Gasteiger partial charge in [0.05, 0.1) is 29.4 Å². The van der Waals surface area contributed by atoms with Crippen LogP contribution in [0.5, 0.6) is 0 Å². The van der Waals surface area contributed by atoms with Crippen LogP contribution in [0.25, 0.3) is 0 Å². The van der Waals surface area contributed by atoms with Crippen LogP contribution in [0.4, 0.5) is 23.4 Å². The van der Waals surface area contributed by atoms with Gasteiger partial charge in [-0.3, -0.25) is 4.79 Å². The molecule has 2 atom stereocenters. The fraction of sp³-hybridized carbons (Fsp3) is 0.476. The summed E-state index contributed by atoms with van der Waals surface area (Å²) in [7, 11) is 0. The number of halogens is 5. The largest absolute Gasteiger partial charge is 0.363 e. The summed E-state index contributed by atoms with van der Waals surface area (Å²) in [5.41, 5.74) is -0.317. The number of hydrogen-bond donors (Lipinski definition) is 1. The first-order valence-corrected chi connectivity index (χ1v) is 10.8. The van der Waals surface area contributed by atoms with Crippen molar-refractivity contribution in [3.8, 4) is 0 Å². The zero-order valence-electron chi connectivity index (χ0n) is 16.9. The van der Waals surface area contributed by atoms with Crippen LogP contribution in [0.3, 0.4) is 0 Å². The smallest absolute Gasteiger partial charge is 0.266 e. The number of anilines is 1. The van der Waals surface area contributed by atoms with Gasteiger partial charge in [-0.25, -0.2) is 27.5 Å². The lowest BCUT2D eigenvalue weighted by Gasteiger charge is -2.37. The SMILES string of the molecule is Cc1nc(N[C@H](C)c2cccc(C(F)F)c2F)c2c(n1)C(Br)C(=O)N(C1(CF)CC1)C2. The van der Waals surface area contributed by atoms with Gasteiger partial charge in [0, 0.05) is 11.1 Å². The summed E-state index contributed by atoms with van der Waals surface area (Å²) in [6.45, 7) is 2.79. The van der Waals surface area contributed by atoms with E-state index in [1.807, 2.05) is 0 Å². The highest BCUT2D eigenvalue weighted by Gasteiger charge is 2.53. The molecule has 1 aromatic heterocycles. The Bertz CT molecular complexity index is 1030. The molecule has 0 bridgehead atoms. The van der Waals surface area contributed by atoms with E-state index in [1.54, 1.807) is 13.8 Å². The number of aryl methyl sites for hydroxylation is 1. The van der Waals surface area contributed by atoms with Crippen LogP contribution in [-0.2, 0) is 11.3 Å². The van der Waals surface area contributed by atoms with E-state index in [2.05, 4.69) is 31.2 Å². The van der Waals surface area contributed by atoms with Crippen LogP contribution >= 0.6 is 15.9 Å². The molecule has 1 saturated carbocycles. The molecule has 5 nitrogen and oxygen atoms in total. The zero-order chi connectivity index (χ0) is 22.5. The van der Waals surface area contributed by atoms with Crippen molar-refractivity contribution in [1.82, 2.24) is 14.9 Å². The Morgan fingerprint density at radius 2 is 1.97 bits per heavy atom. The second-order valence-corrected chi connectivity index (χ2v) is 8.96. The van der Waals surface area contributed by atoms with E-state index in [1.165, 1.54) is 17.0 Å². The quantitative estimate of drug-likeness (QED) is 0.431. The van der Waals surface area contributed by atoms with Crippen LogP contribution in [0.15, 0.2) is 18.2 Å². The maximum absolute atomic E-state index is 14.6. The number of fused-ring (bicyclic) bond motifs is 1. The van der Waals surface area contributed by atoms with Crippen molar-refractivity contribution < 1.29 is 22.4 Å². The molecule has 2 aromatic rings. The Labute approximate surface area is 185 Å². The summed E-state index contributed by atoms with van der Waals surface area (Å²) in [6, 6.07) is 3.18. The third kappa shape index (κ3) is 3.79.